The zero-order chi connectivity index (χ0) is 12.1. The summed E-state index contributed by atoms with van der Waals surface area (Å²) >= 11 is 0. The van der Waals surface area contributed by atoms with Crippen molar-refractivity contribution in [1.82, 2.24) is 5.32 Å². The highest BCUT2D eigenvalue weighted by molar-refractivity contribution is 5.12. The molecule has 1 heterocycles. The summed E-state index contributed by atoms with van der Waals surface area (Å²) in [7, 11) is 0. The summed E-state index contributed by atoms with van der Waals surface area (Å²) in [6.07, 6.45) is 7.06. The second kappa shape index (κ2) is 6.22. The Morgan fingerprint density at radius 2 is 2.35 bits per heavy atom. The van der Waals surface area contributed by atoms with Crippen molar-refractivity contribution in [1.29, 1.82) is 0 Å². The van der Waals surface area contributed by atoms with Crippen LogP contribution in [0, 0.1) is 0 Å². The molecule has 1 aliphatic rings. The molecule has 1 aromatic heterocycles. The number of hydrogen-bond donors (Lipinski definition) is 1. The summed E-state index contributed by atoms with van der Waals surface area (Å²) in [6.45, 7) is 5.79. The lowest BCUT2D eigenvalue weighted by Gasteiger charge is -2.09. The Labute approximate surface area is 104 Å². The third-order valence-corrected chi connectivity index (χ3v) is 3.09. The van der Waals surface area contributed by atoms with Gasteiger partial charge in [-0.2, -0.15) is 0 Å². The SMILES string of the molecule is CCCC(C)OCc1cc(CNC2CC2)co1. The second-order valence-electron chi connectivity index (χ2n) is 4.99. The number of rotatable bonds is 8. The summed E-state index contributed by atoms with van der Waals surface area (Å²) in [5.41, 5.74) is 1.22. The molecule has 0 amide bonds. The second-order valence-corrected chi connectivity index (χ2v) is 4.99. The highest BCUT2D eigenvalue weighted by Crippen LogP contribution is 2.20. The molecule has 3 nitrogen and oxygen atoms in total. The van der Waals surface area contributed by atoms with Gasteiger partial charge in [0.2, 0.25) is 0 Å². The highest BCUT2D eigenvalue weighted by atomic mass is 16.5. The van der Waals surface area contributed by atoms with Crippen molar-refractivity contribution in [2.24, 2.45) is 0 Å². The van der Waals surface area contributed by atoms with Gasteiger partial charge in [0.25, 0.3) is 0 Å². The van der Waals surface area contributed by atoms with E-state index in [1.54, 1.807) is 0 Å². The standard InChI is InChI=1S/C14H23NO2/c1-3-4-11(2)16-10-14-7-12(9-17-14)8-15-13-5-6-13/h7,9,11,13,15H,3-6,8,10H2,1-2H3. The minimum atomic E-state index is 0.318. The lowest BCUT2D eigenvalue weighted by Crippen LogP contribution is -2.14. The van der Waals surface area contributed by atoms with Crippen LogP contribution in [0.15, 0.2) is 16.7 Å². The number of ether oxygens (including phenoxy) is 1. The molecule has 1 atom stereocenters. The maximum Gasteiger partial charge on any atom is 0.129 e. The number of hydrogen-bond acceptors (Lipinski definition) is 3. The first-order valence-electron chi connectivity index (χ1n) is 6.69. The van der Waals surface area contributed by atoms with Crippen LogP contribution in [0.5, 0.6) is 0 Å². The quantitative estimate of drug-likeness (QED) is 0.753. The van der Waals surface area contributed by atoms with Gasteiger partial charge < -0.3 is 14.5 Å². The van der Waals surface area contributed by atoms with Gasteiger partial charge >= 0.3 is 0 Å². The van der Waals surface area contributed by atoms with Gasteiger partial charge in [-0.1, -0.05) is 13.3 Å². The van der Waals surface area contributed by atoms with E-state index in [4.69, 9.17) is 9.15 Å². The Morgan fingerprint density at radius 3 is 3.06 bits per heavy atom. The number of furan rings is 1. The van der Waals surface area contributed by atoms with Gasteiger partial charge in [-0.15, -0.1) is 0 Å². The molecular formula is C14H23NO2. The van der Waals surface area contributed by atoms with Gasteiger partial charge in [0, 0.05) is 18.2 Å². The van der Waals surface area contributed by atoms with E-state index in [0.29, 0.717) is 12.7 Å². The van der Waals surface area contributed by atoms with Crippen LogP contribution >= 0.6 is 0 Å². The summed E-state index contributed by atoms with van der Waals surface area (Å²) in [5.74, 6) is 0.931. The molecule has 1 N–H and O–H groups in total. The van der Waals surface area contributed by atoms with Crippen LogP contribution in [0.25, 0.3) is 0 Å². The highest BCUT2D eigenvalue weighted by Gasteiger charge is 2.20. The molecule has 0 spiro atoms. The Kier molecular flexibility index (Phi) is 4.63. The van der Waals surface area contributed by atoms with Gasteiger partial charge in [-0.3, -0.25) is 0 Å². The summed E-state index contributed by atoms with van der Waals surface area (Å²) in [6, 6.07) is 2.84. The number of nitrogens with one attached hydrogen (secondary N) is 1. The monoisotopic (exact) mass is 237 g/mol. The van der Waals surface area contributed by atoms with Gasteiger partial charge in [-0.25, -0.2) is 0 Å². The van der Waals surface area contributed by atoms with E-state index in [2.05, 4.69) is 25.2 Å². The van der Waals surface area contributed by atoms with Crippen molar-refractivity contribution in [2.75, 3.05) is 0 Å². The fraction of sp³-hybridized carbons (Fsp3) is 0.714. The van der Waals surface area contributed by atoms with Crippen LogP contribution < -0.4 is 5.32 Å². The zero-order valence-electron chi connectivity index (χ0n) is 10.9. The van der Waals surface area contributed by atoms with Crippen LogP contribution in [0.4, 0.5) is 0 Å². The average Bonchev–Trinajstić information content (AvgIpc) is 3.03. The Morgan fingerprint density at radius 1 is 1.53 bits per heavy atom. The third-order valence-electron chi connectivity index (χ3n) is 3.09. The predicted molar refractivity (Wildman–Crippen MR) is 67.7 cm³/mol. The first kappa shape index (κ1) is 12.7. The van der Waals surface area contributed by atoms with Crippen molar-refractivity contribution in [3.8, 4) is 0 Å². The Hall–Kier alpha value is -0.800. The van der Waals surface area contributed by atoms with E-state index in [-0.39, 0.29) is 0 Å². The Bertz CT molecular complexity index is 331. The molecule has 0 saturated heterocycles. The summed E-state index contributed by atoms with van der Waals surface area (Å²) in [4.78, 5) is 0. The summed E-state index contributed by atoms with van der Waals surface area (Å²) < 4.78 is 11.2. The molecule has 96 valence electrons. The largest absolute Gasteiger partial charge is 0.467 e. The lowest BCUT2D eigenvalue weighted by molar-refractivity contribution is 0.0372. The molecular weight excluding hydrogens is 214 g/mol. The van der Waals surface area contributed by atoms with Crippen LogP contribution in [-0.2, 0) is 17.9 Å². The van der Waals surface area contributed by atoms with Crippen LogP contribution in [-0.4, -0.2) is 12.1 Å². The van der Waals surface area contributed by atoms with Crippen molar-refractivity contribution in [3.05, 3.63) is 23.7 Å². The molecule has 0 bridgehead atoms. The predicted octanol–water partition coefficient (Wildman–Crippen LogP) is 3.24. The molecule has 17 heavy (non-hydrogen) atoms. The van der Waals surface area contributed by atoms with Gasteiger partial charge in [0.1, 0.15) is 12.4 Å². The van der Waals surface area contributed by atoms with Crippen LogP contribution in [0.2, 0.25) is 0 Å². The van der Waals surface area contributed by atoms with E-state index in [1.807, 2.05) is 6.26 Å². The molecule has 1 aliphatic carbocycles. The van der Waals surface area contributed by atoms with Gasteiger partial charge in [0.05, 0.1) is 12.4 Å². The normalized spacial score (nSPS) is 17.3. The molecule has 1 saturated carbocycles. The van der Waals surface area contributed by atoms with E-state index in [1.165, 1.54) is 18.4 Å². The first-order chi connectivity index (χ1) is 8.28. The topological polar surface area (TPSA) is 34.4 Å². The summed E-state index contributed by atoms with van der Waals surface area (Å²) in [5, 5.41) is 3.47. The lowest BCUT2D eigenvalue weighted by atomic mass is 10.2. The van der Waals surface area contributed by atoms with Crippen LogP contribution in [0.1, 0.15) is 50.9 Å². The van der Waals surface area contributed by atoms with E-state index < -0.39 is 0 Å². The molecule has 1 unspecified atom stereocenters. The molecule has 2 rings (SSSR count). The van der Waals surface area contributed by atoms with E-state index >= 15 is 0 Å². The third kappa shape index (κ3) is 4.52. The average molecular weight is 237 g/mol. The fourth-order valence-corrected chi connectivity index (χ4v) is 1.86. The zero-order valence-corrected chi connectivity index (χ0v) is 10.9. The molecule has 0 aliphatic heterocycles. The maximum absolute atomic E-state index is 5.71. The minimum Gasteiger partial charge on any atom is -0.467 e. The fourth-order valence-electron chi connectivity index (χ4n) is 1.86. The van der Waals surface area contributed by atoms with E-state index in [9.17, 15) is 0 Å². The van der Waals surface area contributed by atoms with Crippen molar-refractivity contribution in [2.45, 2.75) is 64.8 Å². The van der Waals surface area contributed by atoms with Crippen molar-refractivity contribution in [3.63, 3.8) is 0 Å². The first-order valence-corrected chi connectivity index (χ1v) is 6.69. The van der Waals surface area contributed by atoms with Gasteiger partial charge in [-0.05, 0) is 32.3 Å². The molecule has 1 fully saturated rings. The molecule has 3 heteroatoms. The van der Waals surface area contributed by atoms with E-state index in [0.717, 1.165) is 31.2 Å². The van der Waals surface area contributed by atoms with Gasteiger partial charge in [0.15, 0.2) is 0 Å². The molecule has 1 aromatic rings. The Balaban J connectivity index is 1.69. The smallest absolute Gasteiger partial charge is 0.129 e. The van der Waals surface area contributed by atoms with Crippen molar-refractivity contribution < 1.29 is 9.15 Å². The maximum atomic E-state index is 5.71. The molecule has 0 aromatic carbocycles. The molecule has 0 radical (unpaired) electrons. The minimum absolute atomic E-state index is 0.318. The van der Waals surface area contributed by atoms with Crippen molar-refractivity contribution >= 4 is 0 Å². The van der Waals surface area contributed by atoms with Crippen LogP contribution in [0.3, 0.4) is 0 Å².